The van der Waals surface area contributed by atoms with E-state index >= 15 is 0 Å². The van der Waals surface area contributed by atoms with Crippen molar-refractivity contribution in [2.45, 2.75) is 6.92 Å². The third kappa shape index (κ3) is 2.41. The highest BCUT2D eigenvalue weighted by atomic mass is 16.5. The van der Waals surface area contributed by atoms with Gasteiger partial charge in [-0.25, -0.2) is 9.69 Å². The molecule has 0 aliphatic rings. The van der Waals surface area contributed by atoms with Crippen molar-refractivity contribution in [3.63, 3.8) is 0 Å². The number of nitrogens with zero attached hydrogens (tertiary/aromatic N) is 2. The third-order valence-electron chi connectivity index (χ3n) is 1.39. The number of nitrogens with one attached hydrogen (secondary N) is 1. The van der Waals surface area contributed by atoms with E-state index in [0.29, 0.717) is 6.54 Å². The van der Waals surface area contributed by atoms with E-state index in [1.54, 1.807) is 25.9 Å². The molecule has 0 bridgehead atoms. The van der Waals surface area contributed by atoms with Crippen LogP contribution in [0.5, 0.6) is 0 Å². The van der Waals surface area contributed by atoms with Crippen LogP contribution < -0.4 is 0 Å². The van der Waals surface area contributed by atoms with Crippen LogP contribution in [0, 0.1) is 5.41 Å². The van der Waals surface area contributed by atoms with Crippen molar-refractivity contribution < 1.29 is 9.53 Å². The van der Waals surface area contributed by atoms with Gasteiger partial charge in [0, 0.05) is 20.6 Å². The summed E-state index contributed by atoms with van der Waals surface area (Å²) in [6, 6.07) is 0. The lowest BCUT2D eigenvalue weighted by Gasteiger charge is -2.24. The Labute approximate surface area is 72.4 Å². The minimum absolute atomic E-state index is 0.129. The number of amides is 1. The maximum absolute atomic E-state index is 11.0. The highest BCUT2D eigenvalue weighted by Crippen LogP contribution is 1.95. The van der Waals surface area contributed by atoms with Crippen LogP contribution in [0.1, 0.15) is 6.92 Å². The molecule has 0 aromatic carbocycles. The number of hydrogen-bond acceptors (Lipinski definition) is 3. The molecule has 5 nitrogen and oxygen atoms in total. The predicted octanol–water partition coefficient (Wildman–Crippen LogP) is 0.571. The Morgan fingerprint density at radius 1 is 1.50 bits per heavy atom. The van der Waals surface area contributed by atoms with Gasteiger partial charge in [-0.3, -0.25) is 5.41 Å². The second-order valence-corrected chi connectivity index (χ2v) is 2.43. The zero-order chi connectivity index (χ0) is 9.72. The highest BCUT2D eigenvalue weighted by molar-refractivity contribution is 5.91. The first kappa shape index (κ1) is 10.7. The van der Waals surface area contributed by atoms with Crippen LogP contribution in [-0.2, 0) is 4.74 Å². The first-order valence-electron chi connectivity index (χ1n) is 3.66. The Bertz CT molecular complexity index is 179. The van der Waals surface area contributed by atoms with E-state index in [-0.39, 0.29) is 5.96 Å². The molecule has 0 aliphatic carbocycles. The first-order chi connectivity index (χ1) is 5.54. The van der Waals surface area contributed by atoms with E-state index in [0.717, 1.165) is 0 Å². The van der Waals surface area contributed by atoms with Crippen LogP contribution in [0.15, 0.2) is 0 Å². The summed E-state index contributed by atoms with van der Waals surface area (Å²) in [7, 11) is 4.70. The van der Waals surface area contributed by atoms with Crippen molar-refractivity contribution in [1.29, 1.82) is 5.41 Å². The normalized spacial score (nSPS) is 9.00. The Morgan fingerprint density at radius 3 is 2.25 bits per heavy atom. The molecule has 0 atom stereocenters. The molecule has 12 heavy (non-hydrogen) atoms. The summed E-state index contributed by atoms with van der Waals surface area (Å²) in [6.07, 6.45) is -0.504. The molecule has 0 aliphatic heterocycles. The predicted molar refractivity (Wildman–Crippen MR) is 46.2 cm³/mol. The summed E-state index contributed by atoms with van der Waals surface area (Å²) in [5.41, 5.74) is 0. The molecule has 0 fully saturated rings. The number of methoxy groups -OCH3 is 1. The minimum atomic E-state index is -0.504. The van der Waals surface area contributed by atoms with Crippen molar-refractivity contribution in [2.24, 2.45) is 0 Å². The minimum Gasteiger partial charge on any atom is -0.452 e. The number of ether oxygens (including phenoxy) is 1. The van der Waals surface area contributed by atoms with Crippen LogP contribution in [0.25, 0.3) is 0 Å². The van der Waals surface area contributed by atoms with E-state index in [2.05, 4.69) is 4.74 Å². The molecular weight excluding hydrogens is 158 g/mol. The summed E-state index contributed by atoms with van der Waals surface area (Å²) in [5.74, 6) is 0.129. The lowest BCUT2D eigenvalue weighted by molar-refractivity contribution is 0.143. The molecule has 70 valence electrons. The molecule has 0 unspecified atom stereocenters. The molecule has 0 rings (SSSR count). The molecule has 0 saturated carbocycles. The Kier molecular flexibility index (Phi) is 4.10. The van der Waals surface area contributed by atoms with Gasteiger partial charge in [0.05, 0.1) is 7.11 Å². The molecule has 0 spiro atoms. The quantitative estimate of drug-likeness (QED) is 0.466. The second kappa shape index (κ2) is 4.58. The average Bonchev–Trinajstić information content (AvgIpc) is 2.05. The zero-order valence-corrected chi connectivity index (χ0v) is 7.92. The Morgan fingerprint density at radius 2 is 2.00 bits per heavy atom. The lowest BCUT2D eigenvalue weighted by atomic mass is 10.6. The molecule has 1 amide bonds. The molecule has 5 heteroatoms. The fraction of sp³-hybridized carbons (Fsp3) is 0.714. The molecule has 0 radical (unpaired) electrons. The SMILES string of the molecule is CCN(C(=N)N(C)C)C(=O)OC. The molecule has 1 N–H and O–H groups in total. The summed E-state index contributed by atoms with van der Waals surface area (Å²) in [4.78, 5) is 13.8. The summed E-state index contributed by atoms with van der Waals surface area (Å²) in [6.45, 7) is 2.22. The standard InChI is InChI=1S/C7H15N3O2/c1-5-10(7(11)12-4)6(8)9(2)3/h8H,5H2,1-4H3. The van der Waals surface area contributed by atoms with Crippen LogP contribution in [0.2, 0.25) is 0 Å². The van der Waals surface area contributed by atoms with Gasteiger partial charge in [-0.2, -0.15) is 0 Å². The van der Waals surface area contributed by atoms with Gasteiger partial charge in [-0.1, -0.05) is 0 Å². The fourth-order valence-electron chi connectivity index (χ4n) is 0.717. The highest BCUT2D eigenvalue weighted by Gasteiger charge is 2.17. The maximum Gasteiger partial charge on any atom is 0.416 e. The number of rotatable bonds is 1. The molecule has 0 saturated heterocycles. The van der Waals surface area contributed by atoms with E-state index in [9.17, 15) is 4.79 Å². The Hall–Kier alpha value is -1.26. The number of guanidine groups is 1. The largest absolute Gasteiger partial charge is 0.452 e. The smallest absolute Gasteiger partial charge is 0.416 e. The number of carbonyl (C=O) groups is 1. The van der Waals surface area contributed by atoms with Gasteiger partial charge in [0.2, 0.25) is 5.96 Å². The summed E-state index contributed by atoms with van der Waals surface area (Å²) in [5, 5.41) is 7.49. The third-order valence-corrected chi connectivity index (χ3v) is 1.39. The molecule has 0 aromatic rings. The van der Waals surface area contributed by atoms with Crippen LogP contribution >= 0.6 is 0 Å². The lowest BCUT2D eigenvalue weighted by Crippen LogP contribution is -2.43. The maximum atomic E-state index is 11.0. The van der Waals surface area contributed by atoms with Gasteiger partial charge >= 0.3 is 6.09 Å². The average molecular weight is 173 g/mol. The van der Waals surface area contributed by atoms with Crippen LogP contribution in [0.4, 0.5) is 4.79 Å². The summed E-state index contributed by atoms with van der Waals surface area (Å²) < 4.78 is 4.49. The van der Waals surface area contributed by atoms with Gasteiger partial charge < -0.3 is 9.64 Å². The topological polar surface area (TPSA) is 56.6 Å². The van der Waals surface area contributed by atoms with Crippen LogP contribution in [-0.4, -0.2) is 49.6 Å². The monoisotopic (exact) mass is 173 g/mol. The van der Waals surface area contributed by atoms with E-state index in [1.165, 1.54) is 12.0 Å². The summed E-state index contributed by atoms with van der Waals surface area (Å²) >= 11 is 0. The molecular formula is C7H15N3O2. The van der Waals surface area contributed by atoms with E-state index < -0.39 is 6.09 Å². The number of carbonyl (C=O) groups excluding carboxylic acids is 1. The first-order valence-corrected chi connectivity index (χ1v) is 3.66. The fourth-order valence-corrected chi connectivity index (χ4v) is 0.717. The van der Waals surface area contributed by atoms with Crippen molar-refractivity contribution in [1.82, 2.24) is 9.80 Å². The van der Waals surface area contributed by atoms with Crippen molar-refractivity contribution >= 4 is 12.1 Å². The zero-order valence-electron chi connectivity index (χ0n) is 7.92. The van der Waals surface area contributed by atoms with Crippen molar-refractivity contribution in [3.05, 3.63) is 0 Å². The molecule has 0 heterocycles. The van der Waals surface area contributed by atoms with E-state index in [1.807, 2.05) is 0 Å². The van der Waals surface area contributed by atoms with Crippen molar-refractivity contribution in [2.75, 3.05) is 27.7 Å². The van der Waals surface area contributed by atoms with Gasteiger partial charge in [0.1, 0.15) is 0 Å². The molecule has 0 aromatic heterocycles. The van der Waals surface area contributed by atoms with Gasteiger partial charge in [0.15, 0.2) is 0 Å². The van der Waals surface area contributed by atoms with E-state index in [4.69, 9.17) is 5.41 Å². The van der Waals surface area contributed by atoms with Crippen LogP contribution in [0.3, 0.4) is 0 Å². The second-order valence-electron chi connectivity index (χ2n) is 2.43. The van der Waals surface area contributed by atoms with Gasteiger partial charge in [-0.15, -0.1) is 0 Å². The van der Waals surface area contributed by atoms with Crippen molar-refractivity contribution in [3.8, 4) is 0 Å². The number of hydrogen-bond donors (Lipinski definition) is 1. The van der Waals surface area contributed by atoms with Gasteiger partial charge in [-0.05, 0) is 6.92 Å². The van der Waals surface area contributed by atoms with Gasteiger partial charge in [0.25, 0.3) is 0 Å². The Balaban J connectivity index is 4.34.